The molecule has 2 aromatic carbocycles. The maximum atomic E-state index is 13.4. The summed E-state index contributed by atoms with van der Waals surface area (Å²) in [6.07, 6.45) is 0. The predicted molar refractivity (Wildman–Crippen MR) is 111 cm³/mol. The van der Waals surface area contributed by atoms with Crippen molar-refractivity contribution in [1.82, 2.24) is 0 Å². The Bertz CT molecular complexity index is 1070. The minimum atomic E-state index is -1.10. The second kappa shape index (κ2) is 7.79. The molecule has 9 heteroatoms. The Morgan fingerprint density at radius 1 is 1.13 bits per heavy atom. The van der Waals surface area contributed by atoms with E-state index in [2.05, 4.69) is 5.10 Å². The van der Waals surface area contributed by atoms with Crippen molar-refractivity contribution in [3.63, 3.8) is 0 Å². The zero-order valence-corrected chi connectivity index (χ0v) is 17.0. The summed E-state index contributed by atoms with van der Waals surface area (Å²) in [5.74, 6) is -2.55. The summed E-state index contributed by atoms with van der Waals surface area (Å²) in [6.45, 7) is 1.77. The molecule has 4 rings (SSSR count). The SMILES string of the molecule is CCOC(=O)C1=NN(c2cccc(Cl)c2)C2C(=O)N(c3ccccc3OC)C(=O)C12. The molecule has 2 aliphatic heterocycles. The van der Waals surface area contributed by atoms with Gasteiger partial charge in [-0.3, -0.25) is 14.6 Å². The molecule has 154 valence electrons. The van der Waals surface area contributed by atoms with Crippen molar-refractivity contribution in [3.05, 3.63) is 53.6 Å². The van der Waals surface area contributed by atoms with Crippen LogP contribution >= 0.6 is 11.6 Å². The number of ether oxygens (including phenoxy) is 2. The van der Waals surface area contributed by atoms with Gasteiger partial charge in [0, 0.05) is 5.02 Å². The van der Waals surface area contributed by atoms with Gasteiger partial charge >= 0.3 is 5.97 Å². The van der Waals surface area contributed by atoms with E-state index < -0.39 is 29.7 Å². The monoisotopic (exact) mass is 427 g/mol. The van der Waals surface area contributed by atoms with Gasteiger partial charge < -0.3 is 9.47 Å². The van der Waals surface area contributed by atoms with Crippen LogP contribution in [0, 0.1) is 5.92 Å². The summed E-state index contributed by atoms with van der Waals surface area (Å²) >= 11 is 6.10. The molecule has 30 heavy (non-hydrogen) atoms. The number of nitrogens with zero attached hydrogens (tertiary/aromatic N) is 3. The van der Waals surface area contributed by atoms with Gasteiger partial charge in [0.15, 0.2) is 5.71 Å². The summed E-state index contributed by atoms with van der Waals surface area (Å²) in [5, 5.41) is 6.08. The highest BCUT2D eigenvalue weighted by Crippen LogP contribution is 2.40. The number of carbonyl (C=O) groups is 3. The average molecular weight is 428 g/mol. The van der Waals surface area contributed by atoms with Crippen LogP contribution < -0.4 is 14.6 Å². The first-order valence-electron chi connectivity index (χ1n) is 9.29. The van der Waals surface area contributed by atoms with Gasteiger partial charge in [0.2, 0.25) is 5.91 Å². The van der Waals surface area contributed by atoms with Crippen molar-refractivity contribution >= 4 is 46.5 Å². The number of hydrogen-bond acceptors (Lipinski definition) is 7. The molecule has 1 fully saturated rings. The molecule has 0 spiro atoms. The lowest BCUT2D eigenvalue weighted by Gasteiger charge is -2.23. The maximum Gasteiger partial charge on any atom is 0.355 e. The second-order valence-electron chi connectivity index (χ2n) is 6.64. The standard InChI is InChI=1S/C21H18ClN3O5/c1-3-30-21(28)17-16-18(25(23-17)13-8-6-7-12(22)11-13)20(27)24(19(16)26)14-9-4-5-10-15(14)29-2/h4-11,16,18H,3H2,1-2H3. The largest absolute Gasteiger partial charge is 0.495 e. The number of benzene rings is 2. The lowest BCUT2D eigenvalue weighted by atomic mass is 9.98. The normalized spacial score (nSPS) is 20.3. The maximum absolute atomic E-state index is 13.4. The fourth-order valence-electron chi connectivity index (χ4n) is 3.67. The minimum Gasteiger partial charge on any atom is -0.495 e. The van der Waals surface area contributed by atoms with Crippen LogP contribution in [-0.4, -0.2) is 43.3 Å². The molecule has 0 aliphatic carbocycles. The fourth-order valence-corrected chi connectivity index (χ4v) is 3.86. The smallest absolute Gasteiger partial charge is 0.355 e. The number of rotatable bonds is 5. The van der Waals surface area contributed by atoms with E-state index in [4.69, 9.17) is 21.1 Å². The van der Waals surface area contributed by atoms with Gasteiger partial charge in [0.1, 0.15) is 17.7 Å². The number of imide groups is 1. The van der Waals surface area contributed by atoms with Crippen LogP contribution in [-0.2, 0) is 19.1 Å². The molecule has 2 amide bonds. The quantitative estimate of drug-likeness (QED) is 0.538. The molecule has 0 saturated carbocycles. The van der Waals surface area contributed by atoms with E-state index in [-0.39, 0.29) is 12.3 Å². The van der Waals surface area contributed by atoms with E-state index >= 15 is 0 Å². The van der Waals surface area contributed by atoms with E-state index in [1.807, 2.05) is 0 Å². The van der Waals surface area contributed by atoms with Crippen molar-refractivity contribution in [2.75, 3.05) is 23.6 Å². The van der Waals surface area contributed by atoms with Gasteiger partial charge in [-0.15, -0.1) is 0 Å². The number of halogens is 1. The molecule has 2 aromatic rings. The van der Waals surface area contributed by atoms with Crippen molar-refractivity contribution < 1.29 is 23.9 Å². The number of carbonyl (C=O) groups excluding carboxylic acids is 3. The number of methoxy groups -OCH3 is 1. The van der Waals surface area contributed by atoms with Gasteiger partial charge in [0.05, 0.1) is 25.1 Å². The predicted octanol–water partition coefficient (Wildman–Crippen LogP) is 2.65. The van der Waals surface area contributed by atoms with E-state index in [1.54, 1.807) is 55.5 Å². The number of hydrazone groups is 1. The molecule has 0 radical (unpaired) electrons. The topological polar surface area (TPSA) is 88.5 Å². The molecular formula is C21H18ClN3O5. The van der Waals surface area contributed by atoms with Crippen molar-refractivity contribution in [3.8, 4) is 5.75 Å². The Labute approximate surface area is 177 Å². The Morgan fingerprint density at radius 3 is 2.60 bits per heavy atom. The third kappa shape index (κ3) is 3.09. The van der Waals surface area contributed by atoms with Crippen LogP contribution in [0.4, 0.5) is 11.4 Å². The number of esters is 1. The zero-order chi connectivity index (χ0) is 21.4. The first-order valence-corrected chi connectivity index (χ1v) is 9.67. The van der Waals surface area contributed by atoms with E-state index in [0.29, 0.717) is 22.1 Å². The van der Waals surface area contributed by atoms with Crippen molar-refractivity contribution in [2.45, 2.75) is 13.0 Å². The fraction of sp³-hybridized carbons (Fsp3) is 0.238. The molecule has 0 N–H and O–H groups in total. The molecule has 8 nitrogen and oxygen atoms in total. The molecule has 2 atom stereocenters. The Balaban J connectivity index is 1.82. The summed E-state index contributed by atoms with van der Waals surface area (Å²) in [6, 6.07) is 12.4. The molecule has 2 heterocycles. The van der Waals surface area contributed by atoms with Crippen LogP contribution in [0.15, 0.2) is 53.6 Å². The lowest BCUT2D eigenvalue weighted by Crippen LogP contribution is -2.39. The van der Waals surface area contributed by atoms with Crippen molar-refractivity contribution in [2.24, 2.45) is 11.0 Å². The van der Waals surface area contributed by atoms with Gasteiger partial charge in [-0.1, -0.05) is 29.8 Å². The first-order chi connectivity index (χ1) is 14.5. The van der Waals surface area contributed by atoms with E-state index in [1.165, 1.54) is 12.1 Å². The number of fused-ring (bicyclic) bond motifs is 1. The van der Waals surface area contributed by atoms with Gasteiger partial charge in [0.25, 0.3) is 5.91 Å². The van der Waals surface area contributed by atoms with Crippen LogP contribution in [0.1, 0.15) is 6.92 Å². The molecule has 1 saturated heterocycles. The summed E-state index contributed by atoms with van der Waals surface area (Å²) in [7, 11) is 1.45. The molecule has 2 unspecified atom stereocenters. The van der Waals surface area contributed by atoms with Crippen LogP contribution in [0.2, 0.25) is 5.02 Å². The van der Waals surface area contributed by atoms with Crippen LogP contribution in [0.25, 0.3) is 0 Å². The van der Waals surface area contributed by atoms with Crippen LogP contribution in [0.3, 0.4) is 0 Å². The van der Waals surface area contributed by atoms with E-state index in [9.17, 15) is 14.4 Å². The summed E-state index contributed by atoms with van der Waals surface area (Å²) in [5.41, 5.74) is 0.677. The molecular weight excluding hydrogens is 410 g/mol. The Morgan fingerprint density at radius 2 is 1.90 bits per heavy atom. The highest BCUT2D eigenvalue weighted by Gasteiger charge is 2.59. The average Bonchev–Trinajstić information content (AvgIpc) is 3.25. The Hall–Kier alpha value is -3.39. The third-order valence-corrected chi connectivity index (χ3v) is 5.17. The highest BCUT2D eigenvalue weighted by molar-refractivity contribution is 6.47. The second-order valence-corrected chi connectivity index (χ2v) is 7.07. The van der Waals surface area contributed by atoms with E-state index in [0.717, 1.165) is 4.90 Å². The third-order valence-electron chi connectivity index (χ3n) is 4.93. The number of anilines is 2. The summed E-state index contributed by atoms with van der Waals surface area (Å²) < 4.78 is 10.4. The molecule has 2 aliphatic rings. The van der Waals surface area contributed by atoms with Gasteiger partial charge in [-0.05, 0) is 37.3 Å². The summed E-state index contributed by atoms with van der Waals surface area (Å²) in [4.78, 5) is 40.3. The molecule has 0 bridgehead atoms. The molecule has 0 aromatic heterocycles. The minimum absolute atomic E-state index is 0.113. The number of hydrogen-bond donors (Lipinski definition) is 0. The van der Waals surface area contributed by atoms with Crippen molar-refractivity contribution in [1.29, 1.82) is 0 Å². The number of para-hydroxylation sites is 2. The van der Waals surface area contributed by atoms with Gasteiger partial charge in [-0.2, -0.15) is 5.10 Å². The zero-order valence-electron chi connectivity index (χ0n) is 16.2. The lowest BCUT2D eigenvalue weighted by molar-refractivity contribution is -0.136. The van der Waals surface area contributed by atoms with Crippen LogP contribution in [0.5, 0.6) is 5.75 Å². The first kappa shape index (κ1) is 19.9. The van der Waals surface area contributed by atoms with Gasteiger partial charge in [-0.25, -0.2) is 9.69 Å². The highest BCUT2D eigenvalue weighted by atomic mass is 35.5. The number of amides is 2. The Kier molecular flexibility index (Phi) is 5.17.